The number of rotatable bonds is 4. The summed E-state index contributed by atoms with van der Waals surface area (Å²) in [5.41, 5.74) is 2.45. The maximum absolute atomic E-state index is 12.2. The number of pyridine rings is 1. The summed E-state index contributed by atoms with van der Waals surface area (Å²) in [5, 5.41) is 12.6. The van der Waals surface area contributed by atoms with Crippen molar-refractivity contribution >= 4 is 17.6 Å². The highest BCUT2D eigenvalue weighted by molar-refractivity contribution is 6.30. The highest BCUT2D eigenvalue weighted by Gasteiger charge is 2.10. The van der Waals surface area contributed by atoms with Gasteiger partial charge < -0.3 is 5.11 Å². The maximum Gasteiger partial charge on any atom is 0.335 e. The Hall–Kier alpha value is -2.86. The Labute approximate surface area is 142 Å². The molecule has 122 valence electrons. The van der Waals surface area contributed by atoms with Gasteiger partial charge in [-0.2, -0.15) is 0 Å². The van der Waals surface area contributed by atoms with Gasteiger partial charge in [0.1, 0.15) is 0 Å². The first-order valence-corrected chi connectivity index (χ1v) is 7.57. The molecule has 0 saturated heterocycles. The number of halogens is 1. The van der Waals surface area contributed by atoms with Gasteiger partial charge in [0.15, 0.2) is 5.82 Å². The number of nitrogens with one attached hydrogen (secondary N) is 1. The third-order valence-corrected chi connectivity index (χ3v) is 3.71. The van der Waals surface area contributed by atoms with E-state index in [0.29, 0.717) is 17.1 Å². The summed E-state index contributed by atoms with van der Waals surface area (Å²) in [7, 11) is 0. The zero-order valence-electron chi connectivity index (χ0n) is 12.8. The molecule has 0 atom stereocenters. The van der Waals surface area contributed by atoms with Crippen LogP contribution in [0.15, 0.2) is 47.4 Å². The van der Waals surface area contributed by atoms with Gasteiger partial charge in [-0.15, -0.1) is 0 Å². The number of nitrogens with zero attached hydrogens (tertiary/aromatic N) is 2. The van der Waals surface area contributed by atoms with Gasteiger partial charge in [-0.1, -0.05) is 17.7 Å². The summed E-state index contributed by atoms with van der Waals surface area (Å²) in [4.78, 5) is 27.3. The fourth-order valence-electron chi connectivity index (χ4n) is 2.51. The molecule has 2 aromatic heterocycles. The van der Waals surface area contributed by atoms with Gasteiger partial charge in [0.25, 0.3) is 5.56 Å². The van der Waals surface area contributed by atoms with Crippen molar-refractivity contribution in [1.82, 2.24) is 14.8 Å². The van der Waals surface area contributed by atoms with Crippen LogP contribution < -0.4 is 5.56 Å². The van der Waals surface area contributed by atoms with E-state index in [1.165, 1.54) is 29.1 Å². The number of aryl methyl sites for hydroxylation is 1. The van der Waals surface area contributed by atoms with E-state index in [4.69, 9.17) is 16.7 Å². The van der Waals surface area contributed by atoms with E-state index in [0.717, 1.165) is 11.1 Å². The van der Waals surface area contributed by atoms with Crippen molar-refractivity contribution in [2.24, 2.45) is 0 Å². The number of hydrogen-bond acceptors (Lipinski definition) is 3. The van der Waals surface area contributed by atoms with Crippen LogP contribution in [0.25, 0.3) is 5.82 Å². The van der Waals surface area contributed by atoms with E-state index in [1.54, 1.807) is 0 Å². The molecule has 0 aliphatic heterocycles. The van der Waals surface area contributed by atoms with E-state index >= 15 is 0 Å². The monoisotopic (exact) mass is 343 g/mol. The minimum absolute atomic E-state index is 0.0634. The van der Waals surface area contributed by atoms with Crippen molar-refractivity contribution in [3.8, 4) is 5.82 Å². The quantitative estimate of drug-likeness (QED) is 0.762. The molecule has 2 N–H and O–H groups in total. The zero-order valence-corrected chi connectivity index (χ0v) is 13.5. The zero-order chi connectivity index (χ0) is 17.3. The lowest BCUT2D eigenvalue weighted by atomic mass is 10.1. The van der Waals surface area contributed by atoms with Crippen molar-refractivity contribution < 1.29 is 9.90 Å². The predicted molar refractivity (Wildman–Crippen MR) is 90.1 cm³/mol. The summed E-state index contributed by atoms with van der Waals surface area (Å²) in [6.07, 6.45) is 1.86. The molecule has 7 heteroatoms. The minimum atomic E-state index is -1.08. The number of aromatic amines is 1. The minimum Gasteiger partial charge on any atom is -0.478 e. The molecule has 1 aromatic carbocycles. The van der Waals surface area contributed by atoms with Gasteiger partial charge in [0.2, 0.25) is 0 Å². The van der Waals surface area contributed by atoms with Crippen LogP contribution in [0.2, 0.25) is 5.02 Å². The van der Waals surface area contributed by atoms with Crippen molar-refractivity contribution in [1.29, 1.82) is 0 Å². The topological polar surface area (TPSA) is 88.0 Å². The first-order valence-electron chi connectivity index (χ1n) is 7.19. The number of carboxylic acids is 1. The molecule has 2 heterocycles. The SMILES string of the molecule is Cc1cc(Cl)cc(Cc2cc(=O)n(-c3cc(C(=O)O)ccn3)[nH]2)c1. The van der Waals surface area contributed by atoms with Crippen LogP contribution in [0.3, 0.4) is 0 Å². The molecule has 0 saturated carbocycles. The Morgan fingerprint density at radius 3 is 2.79 bits per heavy atom. The molecule has 0 aliphatic rings. The highest BCUT2D eigenvalue weighted by atomic mass is 35.5. The molecular formula is C17H14ClN3O3. The van der Waals surface area contributed by atoms with E-state index in [2.05, 4.69) is 10.1 Å². The molecule has 0 bridgehead atoms. The molecule has 6 nitrogen and oxygen atoms in total. The summed E-state index contributed by atoms with van der Waals surface area (Å²) in [6, 6.07) is 9.87. The van der Waals surface area contributed by atoms with Gasteiger partial charge >= 0.3 is 5.97 Å². The standard InChI is InChI=1S/C17H14ClN3O3/c1-10-4-11(6-13(18)5-10)7-14-9-16(22)21(20-14)15-8-12(17(23)24)2-3-19-15/h2-6,8-9,20H,7H2,1H3,(H,23,24). The van der Waals surface area contributed by atoms with Gasteiger partial charge in [0.05, 0.1) is 5.56 Å². The Morgan fingerprint density at radius 1 is 1.29 bits per heavy atom. The van der Waals surface area contributed by atoms with E-state index in [9.17, 15) is 9.59 Å². The number of hydrogen-bond donors (Lipinski definition) is 2. The van der Waals surface area contributed by atoms with Crippen LogP contribution in [0.5, 0.6) is 0 Å². The highest BCUT2D eigenvalue weighted by Crippen LogP contribution is 2.17. The fraction of sp³-hybridized carbons (Fsp3) is 0.118. The number of carboxylic acid groups (broad SMARTS) is 1. The smallest absolute Gasteiger partial charge is 0.335 e. The van der Waals surface area contributed by atoms with E-state index in [-0.39, 0.29) is 16.9 Å². The summed E-state index contributed by atoms with van der Waals surface area (Å²) in [6.45, 7) is 1.95. The van der Waals surface area contributed by atoms with Crippen molar-refractivity contribution in [3.05, 3.63) is 80.4 Å². The molecule has 24 heavy (non-hydrogen) atoms. The lowest BCUT2D eigenvalue weighted by molar-refractivity contribution is 0.0696. The third kappa shape index (κ3) is 3.38. The van der Waals surface area contributed by atoms with Crippen LogP contribution in [0, 0.1) is 6.92 Å². The van der Waals surface area contributed by atoms with E-state index < -0.39 is 5.97 Å². The summed E-state index contributed by atoms with van der Waals surface area (Å²) >= 11 is 6.05. The van der Waals surface area contributed by atoms with Gasteiger partial charge in [0, 0.05) is 29.4 Å². The Bertz CT molecular complexity index is 955. The second-order valence-corrected chi connectivity index (χ2v) is 5.91. The Kier molecular flexibility index (Phi) is 4.22. The van der Waals surface area contributed by atoms with Crippen LogP contribution in [-0.4, -0.2) is 25.8 Å². The van der Waals surface area contributed by atoms with E-state index in [1.807, 2.05) is 25.1 Å². The molecule has 0 aliphatic carbocycles. The lowest BCUT2D eigenvalue weighted by Crippen LogP contribution is -2.15. The van der Waals surface area contributed by atoms with Crippen molar-refractivity contribution in [2.75, 3.05) is 0 Å². The molecule has 0 radical (unpaired) electrons. The second kappa shape index (κ2) is 6.33. The summed E-state index contributed by atoms with van der Waals surface area (Å²) in [5.74, 6) is -0.846. The van der Waals surface area contributed by atoms with Crippen LogP contribution in [-0.2, 0) is 6.42 Å². The molecule has 0 unspecified atom stereocenters. The molecule has 3 aromatic rings. The second-order valence-electron chi connectivity index (χ2n) is 5.48. The Morgan fingerprint density at radius 2 is 2.08 bits per heavy atom. The normalized spacial score (nSPS) is 10.8. The van der Waals surface area contributed by atoms with Crippen LogP contribution in [0.1, 0.15) is 27.2 Å². The van der Waals surface area contributed by atoms with Gasteiger partial charge in [-0.25, -0.2) is 14.5 Å². The first-order chi connectivity index (χ1) is 11.4. The van der Waals surface area contributed by atoms with Gasteiger partial charge in [-0.3, -0.25) is 9.89 Å². The van der Waals surface area contributed by atoms with Gasteiger partial charge in [-0.05, 0) is 42.3 Å². The predicted octanol–water partition coefficient (Wildman–Crippen LogP) is 2.81. The third-order valence-electron chi connectivity index (χ3n) is 3.49. The summed E-state index contributed by atoms with van der Waals surface area (Å²) < 4.78 is 1.22. The largest absolute Gasteiger partial charge is 0.478 e. The van der Waals surface area contributed by atoms with Crippen LogP contribution >= 0.6 is 11.6 Å². The molecule has 0 spiro atoms. The number of H-pyrrole nitrogens is 1. The molecule has 0 fully saturated rings. The molecule has 3 rings (SSSR count). The average molecular weight is 344 g/mol. The van der Waals surface area contributed by atoms with Crippen molar-refractivity contribution in [3.63, 3.8) is 0 Å². The van der Waals surface area contributed by atoms with Crippen LogP contribution in [0.4, 0.5) is 0 Å². The Balaban J connectivity index is 1.94. The average Bonchev–Trinajstić information content (AvgIpc) is 2.86. The number of aromatic carboxylic acids is 1. The molecule has 0 amide bonds. The lowest BCUT2D eigenvalue weighted by Gasteiger charge is -2.04. The van der Waals surface area contributed by atoms with Crippen molar-refractivity contribution in [2.45, 2.75) is 13.3 Å². The molecular weight excluding hydrogens is 330 g/mol. The maximum atomic E-state index is 12.2. The fourth-order valence-corrected chi connectivity index (χ4v) is 2.83. The number of benzene rings is 1. The first kappa shape index (κ1) is 16.0. The number of carbonyl (C=O) groups is 1. The number of aromatic nitrogens is 3.